The predicted octanol–water partition coefficient (Wildman–Crippen LogP) is 3.71. The van der Waals surface area contributed by atoms with Gasteiger partial charge in [-0.05, 0) is 36.4 Å². The molecule has 0 aliphatic rings. The lowest BCUT2D eigenvalue weighted by atomic mass is 10.1. The van der Waals surface area contributed by atoms with E-state index in [0.717, 1.165) is 0 Å². The molecule has 5 nitrogen and oxygen atoms in total. The minimum atomic E-state index is -0.716. The number of fused-ring (bicyclic) bond motifs is 1. The molecule has 6 heteroatoms. The molecular formula is C17H12ClNO4. The Morgan fingerprint density at radius 2 is 1.96 bits per heavy atom. The summed E-state index contributed by atoms with van der Waals surface area (Å²) >= 11 is 5.92. The zero-order valence-electron chi connectivity index (χ0n) is 12.1. The van der Waals surface area contributed by atoms with Gasteiger partial charge in [-0.3, -0.25) is 4.79 Å². The van der Waals surface area contributed by atoms with Gasteiger partial charge in [0.2, 0.25) is 0 Å². The fourth-order valence-corrected chi connectivity index (χ4v) is 2.37. The first-order chi connectivity index (χ1) is 11.1. The van der Waals surface area contributed by atoms with Crippen molar-refractivity contribution < 1.29 is 13.9 Å². The molecule has 1 heterocycles. The molecule has 23 heavy (non-hydrogen) atoms. The number of para-hydroxylation sites is 2. The number of hydrogen-bond acceptors (Lipinski definition) is 4. The Morgan fingerprint density at radius 1 is 1.17 bits per heavy atom. The lowest BCUT2D eigenvalue weighted by Gasteiger charge is -2.09. The number of nitrogens with one attached hydrogen (secondary N) is 1. The van der Waals surface area contributed by atoms with E-state index in [1.807, 2.05) is 0 Å². The Labute approximate surface area is 136 Å². The van der Waals surface area contributed by atoms with Crippen LogP contribution in [0.4, 0.5) is 5.69 Å². The number of anilines is 1. The largest absolute Gasteiger partial charge is 0.495 e. The topological polar surface area (TPSA) is 68.5 Å². The van der Waals surface area contributed by atoms with Crippen LogP contribution in [-0.2, 0) is 0 Å². The van der Waals surface area contributed by atoms with E-state index in [2.05, 4.69) is 5.32 Å². The van der Waals surface area contributed by atoms with E-state index in [0.29, 0.717) is 27.4 Å². The predicted molar refractivity (Wildman–Crippen MR) is 88.4 cm³/mol. The minimum Gasteiger partial charge on any atom is -0.495 e. The van der Waals surface area contributed by atoms with Gasteiger partial charge in [0.15, 0.2) is 0 Å². The maximum atomic E-state index is 12.4. The Morgan fingerprint density at radius 3 is 2.74 bits per heavy atom. The molecular weight excluding hydrogens is 318 g/mol. The number of carbonyl (C=O) groups excluding carboxylic acids is 1. The number of rotatable bonds is 3. The SMILES string of the molecule is COc1ccccc1NC(=O)c1cc2cc(Cl)ccc2oc1=O. The highest BCUT2D eigenvalue weighted by Gasteiger charge is 2.15. The Bertz CT molecular complexity index is 949. The average molecular weight is 330 g/mol. The molecule has 0 aliphatic carbocycles. The number of carbonyl (C=O) groups is 1. The first-order valence-corrected chi connectivity index (χ1v) is 7.14. The summed E-state index contributed by atoms with van der Waals surface area (Å²) in [6.45, 7) is 0. The monoisotopic (exact) mass is 329 g/mol. The third-order valence-corrected chi connectivity index (χ3v) is 3.53. The highest BCUT2D eigenvalue weighted by Crippen LogP contribution is 2.24. The first kappa shape index (κ1) is 15.1. The molecule has 0 fully saturated rings. The normalized spacial score (nSPS) is 10.5. The van der Waals surface area contributed by atoms with E-state index in [-0.39, 0.29) is 5.56 Å². The molecule has 0 saturated heterocycles. The second kappa shape index (κ2) is 6.14. The molecule has 0 saturated carbocycles. The number of ether oxygens (including phenoxy) is 1. The van der Waals surface area contributed by atoms with Gasteiger partial charge in [0, 0.05) is 10.4 Å². The van der Waals surface area contributed by atoms with Gasteiger partial charge in [-0.1, -0.05) is 23.7 Å². The summed E-state index contributed by atoms with van der Waals surface area (Å²) in [6.07, 6.45) is 0. The first-order valence-electron chi connectivity index (χ1n) is 6.76. The maximum absolute atomic E-state index is 12.4. The molecule has 0 atom stereocenters. The summed E-state index contributed by atoms with van der Waals surface area (Å²) in [7, 11) is 1.50. The van der Waals surface area contributed by atoms with E-state index in [1.54, 1.807) is 42.5 Å². The summed E-state index contributed by atoms with van der Waals surface area (Å²) in [6, 6.07) is 13.2. The summed E-state index contributed by atoms with van der Waals surface area (Å²) in [5.74, 6) is -0.0841. The van der Waals surface area contributed by atoms with Crippen LogP contribution in [-0.4, -0.2) is 13.0 Å². The standard InChI is InChI=1S/C17H12ClNO4/c1-22-15-5-3-2-4-13(15)19-16(20)12-9-10-8-11(18)6-7-14(10)23-17(12)21/h2-9H,1H3,(H,19,20). The summed E-state index contributed by atoms with van der Waals surface area (Å²) in [5, 5.41) is 3.70. The summed E-state index contributed by atoms with van der Waals surface area (Å²) < 4.78 is 10.3. The van der Waals surface area contributed by atoms with E-state index in [1.165, 1.54) is 13.2 Å². The van der Waals surface area contributed by atoms with Crippen LogP contribution in [0.1, 0.15) is 10.4 Å². The number of amides is 1. The number of benzene rings is 2. The van der Waals surface area contributed by atoms with Crippen molar-refractivity contribution in [1.29, 1.82) is 0 Å². The molecule has 0 spiro atoms. The van der Waals surface area contributed by atoms with Crippen LogP contribution < -0.4 is 15.7 Å². The molecule has 0 bridgehead atoms. The van der Waals surface area contributed by atoms with Gasteiger partial charge in [0.1, 0.15) is 16.9 Å². The van der Waals surface area contributed by atoms with Crippen LogP contribution in [0.5, 0.6) is 5.75 Å². The molecule has 3 rings (SSSR count). The smallest absolute Gasteiger partial charge is 0.349 e. The quantitative estimate of drug-likeness (QED) is 0.744. The van der Waals surface area contributed by atoms with Crippen LogP contribution in [0.25, 0.3) is 11.0 Å². The zero-order chi connectivity index (χ0) is 16.4. The number of hydrogen-bond donors (Lipinski definition) is 1. The molecule has 2 aromatic carbocycles. The minimum absolute atomic E-state index is 0.106. The third-order valence-electron chi connectivity index (χ3n) is 3.29. The molecule has 116 valence electrons. The van der Waals surface area contributed by atoms with Crippen molar-refractivity contribution in [2.24, 2.45) is 0 Å². The van der Waals surface area contributed by atoms with Crippen molar-refractivity contribution in [2.75, 3.05) is 12.4 Å². The van der Waals surface area contributed by atoms with Crippen LogP contribution >= 0.6 is 11.6 Å². The third kappa shape index (κ3) is 3.05. The van der Waals surface area contributed by atoms with Gasteiger partial charge in [-0.2, -0.15) is 0 Å². The second-order valence-electron chi connectivity index (χ2n) is 4.78. The van der Waals surface area contributed by atoms with E-state index < -0.39 is 11.5 Å². The van der Waals surface area contributed by atoms with Gasteiger partial charge in [0.05, 0.1) is 12.8 Å². The molecule has 0 unspecified atom stereocenters. The Hall–Kier alpha value is -2.79. The van der Waals surface area contributed by atoms with Gasteiger partial charge >= 0.3 is 5.63 Å². The van der Waals surface area contributed by atoms with Crippen molar-refractivity contribution in [3.63, 3.8) is 0 Å². The van der Waals surface area contributed by atoms with Crippen LogP contribution in [0, 0.1) is 0 Å². The molecule has 0 radical (unpaired) electrons. The molecule has 1 aromatic heterocycles. The highest BCUT2D eigenvalue weighted by molar-refractivity contribution is 6.31. The molecule has 1 N–H and O–H groups in total. The number of methoxy groups -OCH3 is 1. The number of halogens is 1. The van der Waals surface area contributed by atoms with Gasteiger partial charge < -0.3 is 14.5 Å². The van der Waals surface area contributed by atoms with Gasteiger partial charge in [-0.15, -0.1) is 0 Å². The second-order valence-corrected chi connectivity index (χ2v) is 5.22. The zero-order valence-corrected chi connectivity index (χ0v) is 12.9. The average Bonchev–Trinajstić information content (AvgIpc) is 2.55. The fourth-order valence-electron chi connectivity index (χ4n) is 2.19. The Balaban J connectivity index is 2.00. The van der Waals surface area contributed by atoms with Gasteiger partial charge in [0.25, 0.3) is 5.91 Å². The van der Waals surface area contributed by atoms with Crippen molar-refractivity contribution in [1.82, 2.24) is 0 Å². The van der Waals surface area contributed by atoms with E-state index in [4.69, 9.17) is 20.8 Å². The lowest BCUT2D eigenvalue weighted by molar-refractivity contribution is 0.102. The van der Waals surface area contributed by atoms with E-state index in [9.17, 15) is 9.59 Å². The molecule has 3 aromatic rings. The van der Waals surface area contributed by atoms with Crippen LogP contribution in [0.15, 0.2) is 57.7 Å². The van der Waals surface area contributed by atoms with Crippen molar-refractivity contribution in [2.45, 2.75) is 0 Å². The molecule has 1 amide bonds. The highest BCUT2D eigenvalue weighted by atomic mass is 35.5. The summed E-state index contributed by atoms with van der Waals surface area (Å²) in [4.78, 5) is 24.4. The Kier molecular flexibility index (Phi) is 4.04. The molecule has 0 aliphatic heterocycles. The van der Waals surface area contributed by atoms with Crippen molar-refractivity contribution >= 4 is 34.2 Å². The lowest BCUT2D eigenvalue weighted by Crippen LogP contribution is -2.20. The fraction of sp³-hybridized carbons (Fsp3) is 0.0588. The van der Waals surface area contributed by atoms with Crippen molar-refractivity contribution in [3.8, 4) is 5.75 Å². The summed E-state index contributed by atoms with van der Waals surface area (Å²) in [5.41, 5.74) is 0.0109. The van der Waals surface area contributed by atoms with Crippen LogP contribution in [0.3, 0.4) is 0 Å². The van der Waals surface area contributed by atoms with E-state index >= 15 is 0 Å². The van der Waals surface area contributed by atoms with Gasteiger partial charge in [-0.25, -0.2) is 4.79 Å². The maximum Gasteiger partial charge on any atom is 0.349 e. The van der Waals surface area contributed by atoms with Crippen LogP contribution in [0.2, 0.25) is 5.02 Å². The van der Waals surface area contributed by atoms with Crippen molar-refractivity contribution in [3.05, 3.63) is 69.5 Å².